The quantitative estimate of drug-likeness (QED) is 0.601. The monoisotopic (exact) mass is 325 g/mol. The van der Waals surface area contributed by atoms with Gasteiger partial charge in [0, 0.05) is 29.7 Å². The second-order valence-corrected chi connectivity index (χ2v) is 5.65. The predicted molar refractivity (Wildman–Crippen MR) is 99.4 cm³/mol. The van der Waals surface area contributed by atoms with Crippen molar-refractivity contribution < 1.29 is 4.79 Å². The molecule has 0 aliphatic carbocycles. The van der Waals surface area contributed by atoms with Crippen LogP contribution in [-0.4, -0.2) is 15.9 Å². The second kappa shape index (κ2) is 6.53. The maximum atomic E-state index is 12.6. The van der Waals surface area contributed by atoms with Gasteiger partial charge in [-0.3, -0.25) is 14.8 Å². The first-order chi connectivity index (χ1) is 12.3. The van der Waals surface area contributed by atoms with Gasteiger partial charge in [0.1, 0.15) is 0 Å². The minimum atomic E-state index is -0.146. The number of benzene rings is 2. The molecule has 0 radical (unpaired) electrons. The van der Waals surface area contributed by atoms with Gasteiger partial charge in [-0.2, -0.15) is 0 Å². The third kappa shape index (κ3) is 3.10. The topological polar surface area (TPSA) is 54.9 Å². The molecular formula is C21H15N3O. The summed E-state index contributed by atoms with van der Waals surface area (Å²) < 4.78 is 0. The number of pyridine rings is 2. The maximum absolute atomic E-state index is 12.6. The van der Waals surface area contributed by atoms with Crippen LogP contribution in [0.3, 0.4) is 0 Å². The summed E-state index contributed by atoms with van der Waals surface area (Å²) in [6, 6.07) is 21.0. The van der Waals surface area contributed by atoms with E-state index in [4.69, 9.17) is 0 Å². The molecule has 4 rings (SSSR count). The van der Waals surface area contributed by atoms with Gasteiger partial charge in [0.2, 0.25) is 0 Å². The van der Waals surface area contributed by atoms with Crippen molar-refractivity contribution >= 4 is 22.5 Å². The van der Waals surface area contributed by atoms with Crippen molar-refractivity contribution in [3.8, 4) is 11.1 Å². The summed E-state index contributed by atoms with van der Waals surface area (Å²) in [6.07, 6.45) is 5.22. The average Bonchev–Trinajstić information content (AvgIpc) is 2.69. The zero-order chi connectivity index (χ0) is 17.1. The van der Waals surface area contributed by atoms with E-state index in [2.05, 4.69) is 15.3 Å². The van der Waals surface area contributed by atoms with Crippen LogP contribution >= 0.6 is 0 Å². The van der Waals surface area contributed by atoms with Crippen LogP contribution in [0.15, 0.2) is 85.3 Å². The van der Waals surface area contributed by atoms with E-state index in [0.717, 1.165) is 27.7 Å². The molecule has 0 spiro atoms. The summed E-state index contributed by atoms with van der Waals surface area (Å²) in [6.45, 7) is 0. The molecule has 120 valence electrons. The Hall–Kier alpha value is -3.53. The lowest BCUT2D eigenvalue weighted by molar-refractivity contribution is 0.102. The number of carbonyl (C=O) groups is 1. The number of carbonyl (C=O) groups excluding carboxylic acids is 1. The SMILES string of the molecule is O=C(Nc1ccc(-c2cccnc2)cc1)c1ccnc2ccccc12. The lowest BCUT2D eigenvalue weighted by Gasteiger charge is -2.08. The molecule has 0 unspecified atom stereocenters. The molecule has 2 aromatic carbocycles. The van der Waals surface area contributed by atoms with E-state index < -0.39 is 0 Å². The molecule has 4 aromatic rings. The number of hydrogen-bond acceptors (Lipinski definition) is 3. The molecule has 4 heteroatoms. The molecule has 1 amide bonds. The number of fused-ring (bicyclic) bond motifs is 1. The van der Waals surface area contributed by atoms with Gasteiger partial charge in [0.15, 0.2) is 0 Å². The number of rotatable bonds is 3. The summed E-state index contributed by atoms with van der Waals surface area (Å²) >= 11 is 0. The highest BCUT2D eigenvalue weighted by Crippen LogP contribution is 2.22. The number of nitrogens with one attached hydrogen (secondary N) is 1. The van der Waals surface area contributed by atoms with E-state index in [1.165, 1.54) is 0 Å². The number of amides is 1. The van der Waals surface area contributed by atoms with Crippen molar-refractivity contribution in [1.82, 2.24) is 9.97 Å². The second-order valence-electron chi connectivity index (χ2n) is 5.65. The molecular weight excluding hydrogens is 310 g/mol. The Balaban J connectivity index is 1.58. The molecule has 0 aliphatic rings. The number of para-hydroxylation sites is 1. The Bertz CT molecular complexity index is 1020. The molecule has 0 bridgehead atoms. The molecule has 0 aliphatic heterocycles. The smallest absolute Gasteiger partial charge is 0.256 e. The number of anilines is 1. The minimum Gasteiger partial charge on any atom is -0.322 e. The van der Waals surface area contributed by atoms with Crippen molar-refractivity contribution in [2.24, 2.45) is 0 Å². The predicted octanol–water partition coefficient (Wildman–Crippen LogP) is 4.55. The molecule has 4 nitrogen and oxygen atoms in total. The van der Waals surface area contributed by atoms with E-state index in [0.29, 0.717) is 5.56 Å². The van der Waals surface area contributed by atoms with Crippen molar-refractivity contribution in [3.05, 3.63) is 90.9 Å². The third-order valence-electron chi connectivity index (χ3n) is 4.03. The highest BCUT2D eigenvalue weighted by Gasteiger charge is 2.10. The van der Waals surface area contributed by atoms with Gasteiger partial charge in [0.05, 0.1) is 11.1 Å². The highest BCUT2D eigenvalue weighted by molar-refractivity contribution is 6.12. The van der Waals surface area contributed by atoms with Crippen LogP contribution in [0.4, 0.5) is 5.69 Å². The van der Waals surface area contributed by atoms with Crippen molar-refractivity contribution in [1.29, 1.82) is 0 Å². The van der Waals surface area contributed by atoms with Gasteiger partial charge in [-0.15, -0.1) is 0 Å². The number of hydrogen-bond donors (Lipinski definition) is 1. The summed E-state index contributed by atoms with van der Waals surface area (Å²) in [4.78, 5) is 21.0. The Morgan fingerprint density at radius 2 is 1.64 bits per heavy atom. The Morgan fingerprint density at radius 3 is 2.44 bits per heavy atom. The molecule has 2 aromatic heterocycles. The van der Waals surface area contributed by atoms with Gasteiger partial charge < -0.3 is 5.32 Å². The Morgan fingerprint density at radius 1 is 0.800 bits per heavy atom. The van der Waals surface area contributed by atoms with Crippen molar-refractivity contribution in [3.63, 3.8) is 0 Å². The summed E-state index contributed by atoms with van der Waals surface area (Å²) in [5.74, 6) is -0.146. The van der Waals surface area contributed by atoms with Gasteiger partial charge in [0.25, 0.3) is 5.91 Å². The first kappa shape index (κ1) is 15.0. The van der Waals surface area contributed by atoms with Crippen LogP contribution in [0.25, 0.3) is 22.0 Å². The van der Waals surface area contributed by atoms with Gasteiger partial charge in [-0.1, -0.05) is 36.4 Å². The van der Waals surface area contributed by atoms with Crippen molar-refractivity contribution in [2.45, 2.75) is 0 Å². The fourth-order valence-corrected chi connectivity index (χ4v) is 2.77. The summed E-state index contributed by atoms with van der Waals surface area (Å²) in [5.41, 5.74) is 4.27. The van der Waals surface area contributed by atoms with Gasteiger partial charge >= 0.3 is 0 Å². The normalized spacial score (nSPS) is 10.6. The highest BCUT2D eigenvalue weighted by atomic mass is 16.1. The molecule has 1 N–H and O–H groups in total. The molecule has 0 saturated carbocycles. The molecule has 0 saturated heterocycles. The zero-order valence-corrected chi connectivity index (χ0v) is 13.4. The first-order valence-corrected chi connectivity index (χ1v) is 7.97. The molecule has 25 heavy (non-hydrogen) atoms. The third-order valence-corrected chi connectivity index (χ3v) is 4.03. The summed E-state index contributed by atoms with van der Waals surface area (Å²) in [5, 5.41) is 3.79. The van der Waals surface area contributed by atoms with Crippen LogP contribution in [-0.2, 0) is 0 Å². The van der Waals surface area contributed by atoms with Crippen LogP contribution in [0.1, 0.15) is 10.4 Å². The largest absolute Gasteiger partial charge is 0.322 e. The number of nitrogens with zero attached hydrogens (tertiary/aromatic N) is 2. The maximum Gasteiger partial charge on any atom is 0.256 e. The molecule has 0 atom stereocenters. The molecule has 0 fully saturated rings. The Labute approximate surface area is 145 Å². The van der Waals surface area contributed by atoms with Gasteiger partial charge in [-0.25, -0.2) is 0 Å². The van der Waals surface area contributed by atoms with E-state index >= 15 is 0 Å². The first-order valence-electron chi connectivity index (χ1n) is 7.97. The lowest BCUT2D eigenvalue weighted by atomic mass is 10.1. The van der Waals surface area contributed by atoms with E-state index in [-0.39, 0.29) is 5.91 Å². The number of aromatic nitrogens is 2. The zero-order valence-electron chi connectivity index (χ0n) is 13.4. The van der Waals surface area contributed by atoms with Gasteiger partial charge in [-0.05, 0) is 41.5 Å². The molecule has 2 heterocycles. The standard InChI is InChI=1S/C21H15N3O/c25-21(19-11-13-23-20-6-2-1-5-18(19)20)24-17-9-7-15(8-10-17)16-4-3-12-22-14-16/h1-14H,(H,24,25). The van der Waals surface area contributed by atoms with E-state index in [1.807, 2.05) is 66.9 Å². The van der Waals surface area contributed by atoms with E-state index in [1.54, 1.807) is 18.5 Å². The lowest BCUT2D eigenvalue weighted by Crippen LogP contribution is -2.12. The van der Waals surface area contributed by atoms with Crippen LogP contribution in [0, 0.1) is 0 Å². The Kier molecular flexibility index (Phi) is 3.92. The van der Waals surface area contributed by atoms with Crippen LogP contribution in [0.5, 0.6) is 0 Å². The van der Waals surface area contributed by atoms with Crippen LogP contribution < -0.4 is 5.32 Å². The van der Waals surface area contributed by atoms with Crippen LogP contribution in [0.2, 0.25) is 0 Å². The minimum absolute atomic E-state index is 0.146. The summed E-state index contributed by atoms with van der Waals surface area (Å²) in [7, 11) is 0. The fourth-order valence-electron chi connectivity index (χ4n) is 2.77. The van der Waals surface area contributed by atoms with Crippen molar-refractivity contribution in [2.75, 3.05) is 5.32 Å². The average molecular weight is 325 g/mol. The van der Waals surface area contributed by atoms with E-state index in [9.17, 15) is 4.79 Å². The fraction of sp³-hybridized carbons (Fsp3) is 0.